The molecular formula is C10H18SeSi. The Bertz CT molecular complexity index is 203. The molecule has 0 amide bonds. The maximum atomic E-state index is 2.41. The third-order valence-electron chi connectivity index (χ3n) is 3.07. The van der Waals surface area contributed by atoms with E-state index in [-0.39, 0.29) is 0 Å². The third kappa shape index (κ3) is 1.76. The van der Waals surface area contributed by atoms with Crippen LogP contribution in [0.15, 0.2) is 17.1 Å². The van der Waals surface area contributed by atoms with E-state index >= 15 is 0 Å². The summed E-state index contributed by atoms with van der Waals surface area (Å²) in [7, 11) is -0.958. The zero-order valence-electron chi connectivity index (χ0n) is 8.26. The van der Waals surface area contributed by atoms with Crippen molar-refractivity contribution < 1.29 is 0 Å². The quantitative estimate of drug-likeness (QED) is 0.715. The van der Waals surface area contributed by atoms with E-state index in [9.17, 15) is 0 Å². The first-order valence-electron chi connectivity index (χ1n) is 4.83. The monoisotopic (exact) mass is 246 g/mol. The Labute approximate surface area is 82.8 Å². The molecule has 0 saturated carbocycles. The van der Waals surface area contributed by atoms with Crippen LogP contribution in [0.25, 0.3) is 0 Å². The van der Waals surface area contributed by atoms with Crippen LogP contribution in [-0.2, 0) is 0 Å². The molecule has 68 valence electrons. The van der Waals surface area contributed by atoms with Gasteiger partial charge in [-0.3, -0.25) is 0 Å². The molecule has 0 spiro atoms. The van der Waals surface area contributed by atoms with E-state index in [1.54, 1.807) is 0 Å². The average Bonchev–Trinajstić information content (AvgIpc) is 2.62. The minimum absolute atomic E-state index is 0.717. The van der Waals surface area contributed by atoms with Crippen molar-refractivity contribution >= 4 is 26.6 Å². The molecule has 0 saturated heterocycles. The van der Waals surface area contributed by atoms with Gasteiger partial charge in [-0.05, 0) is 0 Å². The zero-order valence-corrected chi connectivity index (χ0v) is 11.0. The van der Waals surface area contributed by atoms with Gasteiger partial charge in [-0.2, -0.15) is 0 Å². The zero-order chi connectivity index (χ0) is 9.03. The molecule has 0 radical (unpaired) electrons. The summed E-state index contributed by atoms with van der Waals surface area (Å²) in [6.45, 7) is 7.15. The Morgan fingerprint density at radius 1 is 1.17 bits per heavy atom. The molecule has 0 unspecified atom stereocenters. The van der Waals surface area contributed by atoms with Gasteiger partial charge in [0.05, 0.1) is 0 Å². The topological polar surface area (TPSA) is 0 Å². The second-order valence-electron chi connectivity index (χ2n) is 3.32. The molecule has 1 aromatic rings. The van der Waals surface area contributed by atoms with Crippen LogP contribution in [0.5, 0.6) is 0 Å². The standard InChI is InChI=1S/C10H18SeSi/c1-4-12(5-2,6-3)10-8-7-9-11-10/h7-9H,4-6H2,1-3H3. The number of rotatable bonds is 4. The minimum atomic E-state index is -0.958. The Kier molecular flexibility index (Phi) is 3.82. The molecule has 12 heavy (non-hydrogen) atoms. The van der Waals surface area contributed by atoms with Crippen molar-refractivity contribution in [2.24, 2.45) is 0 Å². The molecule has 0 nitrogen and oxygen atoms in total. The van der Waals surface area contributed by atoms with Crippen molar-refractivity contribution in [3.63, 3.8) is 0 Å². The van der Waals surface area contributed by atoms with Gasteiger partial charge in [0.2, 0.25) is 0 Å². The van der Waals surface area contributed by atoms with E-state index in [4.69, 9.17) is 0 Å². The number of hydrogen-bond acceptors (Lipinski definition) is 0. The molecule has 1 aromatic heterocycles. The van der Waals surface area contributed by atoms with Crippen LogP contribution in [-0.4, -0.2) is 22.6 Å². The molecule has 0 bridgehead atoms. The molecule has 0 aliphatic heterocycles. The first-order chi connectivity index (χ1) is 5.79. The van der Waals surface area contributed by atoms with Crippen molar-refractivity contribution in [3.05, 3.63) is 17.1 Å². The summed E-state index contributed by atoms with van der Waals surface area (Å²) in [5.41, 5.74) is 0. The molecule has 0 aliphatic rings. The van der Waals surface area contributed by atoms with Crippen molar-refractivity contribution in [2.45, 2.75) is 38.9 Å². The first kappa shape index (κ1) is 10.3. The second-order valence-corrected chi connectivity index (χ2v) is 11.3. The molecule has 0 N–H and O–H groups in total. The fourth-order valence-corrected chi connectivity index (χ4v) is 10.7. The van der Waals surface area contributed by atoms with Gasteiger partial charge in [-0.1, -0.05) is 0 Å². The van der Waals surface area contributed by atoms with Crippen LogP contribution < -0.4 is 4.06 Å². The molecule has 1 rings (SSSR count). The van der Waals surface area contributed by atoms with Gasteiger partial charge in [0, 0.05) is 0 Å². The summed E-state index contributed by atoms with van der Waals surface area (Å²) < 4.78 is 1.85. The van der Waals surface area contributed by atoms with Crippen molar-refractivity contribution in [1.82, 2.24) is 0 Å². The molecule has 0 fully saturated rings. The van der Waals surface area contributed by atoms with E-state index in [2.05, 4.69) is 37.8 Å². The van der Waals surface area contributed by atoms with E-state index in [0.717, 1.165) is 0 Å². The summed E-state index contributed by atoms with van der Waals surface area (Å²) in [5, 5.41) is 0. The predicted molar refractivity (Wildman–Crippen MR) is 60.2 cm³/mol. The molecule has 2 heteroatoms. The van der Waals surface area contributed by atoms with Gasteiger partial charge in [0.1, 0.15) is 0 Å². The molecule has 0 atom stereocenters. The molecule has 0 aromatic carbocycles. The van der Waals surface area contributed by atoms with Crippen molar-refractivity contribution in [2.75, 3.05) is 0 Å². The van der Waals surface area contributed by atoms with E-state index in [0.29, 0.717) is 14.5 Å². The number of hydrogen-bond donors (Lipinski definition) is 0. The van der Waals surface area contributed by atoms with Crippen LogP contribution in [0.3, 0.4) is 0 Å². The van der Waals surface area contributed by atoms with Crippen LogP contribution in [0, 0.1) is 0 Å². The van der Waals surface area contributed by atoms with Crippen LogP contribution in [0.1, 0.15) is 20.8 Å². The normalized spacial score (nSPS) is 11.9. The summed E-state index contributed by atoms with van der Waals surface area (Å²) >= 11 is 0.717. The first-order valence-corrected chi connectivity index (χ1v) is 9.29. The predicted octanol–water partition coefficient (Wildman–Crippen LogP) is 2.46. The fourth-order valence-electron chi connectivity index (χ4n) is 1.85. The Hall–Kier alpha value is 0.216. The van der Waals surface area contributed by atoms with E-state index in [1.807, 2.05) is 4.06 Å². The van der Waals surface area contributed by atoms with Gasteiger partial charge < -0.3 is 0 Å². The SMILES string of the molecule is CC[Si](CC)(CC)c1ccc[se]1. The Balaban J connectivity index is 2.93. The van der Waals surface area contributed by atoms with Gasteiger partial charge in [-0.15, -0.1) is 0 Å². The molecule has 1 heterocycles. The van der Waals surface area contributed by atoms with Crippen molar-refractivity contribution in [1.29, 1.82) is 0 Å². The van der Waals surface area contributed by atoms with E-state index < -0.39 is 8.07 Å². The van der Waals surface area contributed by atoms with Gasteiger partial charge in [0.15, 0.2) is 0 Å². The second kappa shape index (κ2) is 4.45. The van der Waals surface area contributed by atoms with Crippen LogP contribution >= 0.6 is 0 Å². The summed E-state index contributed by atoms with van der Waals surface area (Å²) in [6, 6.07) is 8.99. The van der Waals surface area contributed by atoms with E-state index in [1.165, 1.54) is 18.1 Å². The Morgan fingerprint density at radius 2 is 1.75 bits per heavy atom. The summed E-state index contributed by atoms with van der Waals surface area (Å²) in [4.78, 5) is 2.37. The van der Waals surface area contributed by atoms with Crippen molar-refractivity contribution in [3.8, 4) is 0 Å². The van der Waals surface area contributed by atoms with Crippen LogP contribution in [0.2, 0.25) is 18.1 Å². The molecular weight excluding hydrogens is 227 g/mol. The van der Waals surface area contributed by atoms with Crippen LogP contribution in [0.4, 0.5) is 0 Å². The van der Waals surface area contributed by atoms with Gasteiger partial charge in [0.25, 0.3) is 0 Å². The molecule has 0 aliphatic carbocycles. The third-order valence-corrected chi connectivity index (χ3v) is 13.1. The maximum absolute atomic E-state index is 2.41. The fraction of sp³-hybridized carbons (Fsp3) is 0.600. The summed E-state index contributed by atoms with van der Waals surface area (Å²) in [5.74, 6) is 0. The van der Waals surface area contributed by atoms with Gasteiger partial charge >= 0.3 is 82.6 Å². The van der Waals surface area contributed by atoms with Gasteiger partial charge in [-0.25, -0.2) is 0 Å². The summed E-state index contributed by atoms with van der Waals surface area (Å²) in [6.07, 6.45) is 0. The Morgan fingerprint density at radius 3 is 2.08 bits per heavy atom. The average molecular weight is 245 g/mol.